The van der Waals surface area contributed by atoms with Gasteiger partial charge in [-0.2, -0.15) is 5.10 Å². The van der Waals surface area contributed by atoms with Gasteiger partial charge in [0.1, 0.15) is 11.6 Å². The standard InChI is InChI=1S/C20H16ClFN4O3/c21-13-3-7-15(8-4-13)26-19(16-10-25(20(28)29)11-17(16)24-26)23-18(27)9-12-1-5-14(22)6-2-12/h1-8H,9-11H2,(H,23,27)(H,28,29). The second kappa shape index (κ2) is 7.56. The maximum atomic E-state index is 13.1. The molecular weight excluding hydrogens is 399 g/mol. The molecule has 0 bridgehead atoms. The third-order valence-electron chi connectivity index (χ3n) is 4.63. The molecule has 2 heterocycles. The van der Waals surface area contributed by atoms with Crippen LogP contribution in [0.5, 0.6) is 0 Å². The smallest absolute Gasteiger partial charge is 0.407 e. The van der Waals surface area contributed by atoms with Crippen LogP contribution >= 0.6 is 11.6 Å². The van der Waals surface area contributed by atoms with Crippen LogP contribution < -0.4 is 5.32 Å². The first-order valence-electron chi connectivity index (χ1n) is 8.79. The number of carboxylic acid groups (broad SMARTS) is 1. The first kappa shape index (κ1) is 18.9. The molecule has 0 radical (unpaired) electrons. The molecule has 0 saturated heterocycles. The van der Waals surface area contributed by atoms with E-state index < -0.39 is 6.09 Å². The third kappa shape index (κ3) is 3.93. The van der Waals surface area contributed by atoms with Crippen LogP contribution in [0.25, 0.3) is 5.69 Å². The quantitative estimate of drug-likeness (QED) is 0.679. The molecule has 0 spiro atoms. The molecule has 29 heavy (non-hydrogen) atoms. The van der Waals surface area contributed by atoms with Gasteiger partial charge in [0.05, 0.1) is 30.9 Å². The first-order chi connectivity index (χ1) is 13.9. The minimum atomic E-state index is -1.05. The number of amides is 2. The molecule has 0 aliphatic carbocycles. The van der Waals surface area contributed by atoms with Crippen molar-refractivity contribution < 1.29 is 19.1 Å². The summed E-state index contributed by atoms with van der Waals surface area (Å²) in [7, 11) is 0. The SMILES string of the molecule is O=C(Cc1ccc(F)cc1)Nc1c2c(nn1-c1ccc(Cl)cc1)CN(C(=O)O)C2. The van der Waals surface area contributed by atoms with Gasteiger partial charge in [0.15, 0.2) is 0 Å². The van der Waals surface area contributed by atoms with Gasteiger partial charge in [-0.15, -0.1) is 0 Å². The molecule has 2 aromatic carbocycles. The average molecular weight is 415 g/mol. The fourth-order valence-corrected chi connectivity index (χ4v) is 3.34. The summed E-state index contributed by atoms with van der Waals surface area (Å²) >= 11 is 5.96. The van der Waals surface area contributed by atoms with Crippen LogP contribution in [0.2, 0.25) is 5.02 Å². The number of hydrogen-bond donors (Lipinski definition) is 2. The average Bonchev–Trinajstić information content (AvgIpc) is 3.24. The maximum Gasteiger partial charge on any atom is 0.407 e. The van der Waals surface area contributed by atoms with E-state index in [2.05, 4.69) is 10.4 Å². The lowest BCUT2D eigenvalue weighted by molar-refractivity contribution is -0.115. The van der Waals surface area contributed by atoms with E-state index in [1.54, 1.807) is 41.1 Å². The molecule has 148 valence electrons. The first-order valence-corrected chi connectivity index (χ1v) is 9.17. The molecule has 2 N–H and O–H groups in total. The summed E-state index contributed by atoms with van der Waals surface area (Å²) < 4.78 is 14.6. The molecule has 0 saturated carbocycles. The highest BCUT2D eigenvalue weighted by Gasteiger charge is 2.31. The number of rotatable bonds is 4. The van der Waals surface area contributed by atoms with E-state index in [-0.39, 0.29) is 31.2 Å². The molecule has 1 aromatic heterocycles. The number of carbonyl (C=O) groups is 2. The van der Waals surface area contributed by atoms with Gasteiger partial charge < -0.3 is 10.4 Å². The number of hydrogen-bond acceptors (Lipinski definition) is 3. The zero-order valence-electron chi connectivity index (χ0n) is 15.1. The molecule has 3 aromatic rings. The summed E-state index contributed by atoms with van der Waals surface area (Å²) in [5.41, 5.74) is 2.57. The van der Waals surface area contributed by atoms with Gasteiger partial charge in [-0.3, -0.25) is 9.69 Å². The van der Waals surface area contributed by atoms with Crippen molar-refractivity contribution in [1.82, 2.24) is 14.7 Å². The van der Waals surface area contributed by atoms with Crippen molar-refractivity contribution in [3.05, 3.63) is 76.2 Å². The number of carbonyl (C=O) groups excluding carboxylic acids is 1. The third-order valence-corrected chi connectivity index (χ3v) is 4.89. The highest BCUT2D eigenvalue weighted by atomic mass is 35.5. The van der Waals surface area contributed by atoms with Crippen molar-refractivity contribution >= 4 is 29.4 Å². The van der Waals surface area contributed by atoms with Crippen molar-refractivity contribution in [2.24, 2.45) is 0 Å². The predicted molar refractivity (Wildman–Crippen MR) is 105 cm³/mol. The summed E-state index contributed by atoms with van der Waals surface area (Å²) in [4.78, 5) is 25.2. The van der Waals surface area contributed by atoms with Gasteiger partial charge in [0, 0.05) is 10.6 Å². The fourth-order valence-electron chi connectivity index (χ4n) is 3.21. The largest absolute Gasteiger partial charge is 0.465 e. The zero-order chi connectivity index (χ0) is 20.5. The molecule has 9 heteroatoms. The van der Waals surface area contributed by atoms with Crippen LogP contribution in [0.3, 0.4) is 0 Å². The number of anilines is 1. The van der Waals surface area contributed by atoms with Gasteiger partial charge in [0.2, 0.25) is 5.91 Å². The van der Waals surface area contributed by atoms with Crippen LogP contribution in [0, 0.1) is 5.82 Å². The fraction of sp³-hybridized carbons (Fsp3) is 0.150. The van der Waals surface area contributed by atoms with Crippen LogP contribution in [0.15, 0.2) is 48.5 Å². The molecule has 7 nitrogen and oxygen atoms in total. The molecule has 0 unspecified atom stereocenters. The number of benzene rings is 2. The van der Waals surface area contributed by atoms with Crippen molar-refractivity contribution in [3.8, 4) is 5.69 Å². The van der Waals surface area contributed by atoms with Crippen molar-refractivity contribution in [2.75, 3.05) is 5.32 Å². The molecule has 1 aliphatic heterocycles. The van der Waals surface area contributed by atoms with Crippen LogP contribution in [0.1, 0.15) is 16.8 Å². The van der Waals surface area contributed by atoms with E-state index in [4.69, 9.17) is 11.6 Å². The van der Waals surface area contributed by atoms with Crippen LogP contribution in [-0.2, 0) is 24.3 Å². The second-order valence-corrected chi connectivity index (χ2v) is 7.09. The number of halogens is 2. The monoisotopic (exact) mass is 414 g/mol. The maximum absolute atomic E-state index is 13.1. The minimum absolute atomic E-state index is 0.0451. The minimum Gasteiger partial charge on any atom is -0.465 e. The Morgan fingerprint density at radius 3 is 2.45 bits per heavy atom. The Kier molecular flexibility index (Phi) is 4.94. The summed E-state index contributed by atoms with van der Waals surface area (Å²) in [6.45, 7) is 0.274. The van der Waals surface area contributed by atoms with Crippen molar-refractivity contribution in [2.45, 2.75) is 19.5 Å². The lowest BCUT2D eigenvalue weighted by atomic mass is 10.1. The van der Waals surface area contributed by atoms with Gasteiger partial charge >= 0.3 is 6.09 Å². The van der Waals surface area contributed by atoms with Gasteiger partial charge in [-0.1, -0.05) is 23.7 Å². The van der Waals surface area contributed by atoms with E-state index in [1.807, 2.05) is 0 Å². The molecule has 4 rings (SSSR count). The van der Waals surface area contributed by atoms with E-state index in [9.17, 15) is 19.1 Å². The molecular formula is C20H16ClFN4O3. The van der Waals surface area contributed by atoms with Crippen molar-refractivity contribution in [3.63, 3.8) is 0 Å². The number of nitrogens with one attached hydrogen (secondary N) is 1. The Hall–Kier alpha value is -3.39. The molecule has 1 aliphatic rings. The Morgan fingerprint density at radius 1 is 1.10 bits per heavy atom. The molecule has 2 amide bonds. The normalized spacial score (nSPS) is 12.7. The summed E-state index contributed by atoms with van der Waals surface area (Å²) in [5, 5.41) is 17.2. The van der Waals surface area contributed by atoms with E-state index in [1.165, 1.54) is 17.0 Å². The Bertz CT molecular complexity index is 1080. The Morgan fingerprint density at radius 2 is 1.79 bits per heavy atom. The lowest BCUT2D eigenvalue weighted by Crippen LogP contribution is -2.24. The van der Waals surface area contributed by atoms with Crippen LogP contribution in [0.4, 0.5) is 15.0 Å². The highest BCUT2D eigenvalue weighted by Crippen LogP contribution is 2.32. The Labute approximate surface area is 170 Å². The summed E-state index contributed by atoms with van der Waals surface area (Å²) in [5.74, 6) is -0.275. The lowest BCUT2D eigenvalue weighted by Gasteiger charge is -2.14. The molecule has 0 fully saturated rings. The van der Waals surface area contributed by atoms with E-state index in [0.717, 1.165) is 0 Å². The second-order valence-electron chi connectivity index (χ2n) is 6.65. The highest BCUT2D eigenvalue weighted by molar-refractivity contribution is 6.30. The van der Waals surface area contributed by atoms with E-state index >= 15 is 0 Å². The van der Waals surface area contributed by atoms with Gasteiger partial charge in [-0.25, -0.2) is 13.9 Å². The van der Waals surface area contributed by atoms with Gasteiger partial charge in [-0.05, 0) is 42.0 Å². The number of nitrogens with zero attached hydrogens (tertiary/aromatic N) is 3. The van der Waals surface area contributed by atoms with Crippen molar-refractivity contribution in [1.29, 1.82) is 0 Å². The zero-order valence-corrected chi connectivity index (χ0v) is 15.9. The molecule has 0 atom stereocenters. The van der Waals surface area contributed by atoms with Gasteiger partial charge in [0.25, 0.3) is 0 Å². The summed E-state index contributed by atoms with van der Waals surface area (Å²) in [6.07, 6.45) is -1.01. The topological polar surface area (TPSA) is 87.5 Å². The van der Waals surface area contributed by atoms with E-state index in [0.29, 0.717) is 33.3 Å². The predicted octanol–water partition coefficient (Wildman–Crippen LogP) is 3.84. The number of fused-ring (bicyclic) bond motifs is 1. The Balaban J connectivity index is 1.65. The summed E-state index contributed by atoms with van der Waals surface area (Å²) in [6, 6.07) is 12.6. The number of aromatic nitrogens is 2. The van der Waals surface area contributed by atoms with Crippen LogP contribution in [-0.4, -0.2) is 31.8 Å².